The summed E-state index contributed by atoms with van der Waals surface area (Å²) in [6, 6.07) is 8.38. The second kappa shape index (κ2) is 9.72. The summed E-state index contributed by atoms with van der Waals surface area (Å²) in [4.78, 5) is 26.3. The molecule has 0 bridgehead atoms. The molecule has 2 heterocycles. The first-order chi connectivity index (χ1) is 14.0. The van der Waals surface area contributed by atoms with Crippen LogP contribution in [0.2, 0.25) is 0 Å². The number of nitrogens with one attached hydrogen (secondary N) is 1. The molecule has 1 aromatic carbocycles. The summed E-state index contributed by atoms with van der Waals surface area (Å²) in [5.41, 5.74) is 4.48. The van der Waals surface area contributed by atoms with Crippen LogP contribution in [0.4, 0.5) is 10.6 Å². The lowest BCUT2D eigenvalue weighted by molar-refractivity contribution is 0.194. The Kier molecular flexibility index (Phi) is 7.07. The van der Waals surface area contributed by atoms with Gasteiger partial charge in [0.15, 0.2) is 5.82 Å². The standard InChI is InChI=1S/C23H33N5O/c1-5-7-11-24-23(29)28-14-12-27(13-15-28)22-20(6-2)18(4)25-21(26-22)19-10-8-9-17(3)16-19/h8-10,16H,5-7,11-15H2,1-4H3,(H,24,29). The lowest BCUT2D eigenvalue weighted by Gasteiger charge is -2.36. The number of urea groups is 1. The molecule has 1 aliphatic heterocycles. The van der Waals surface area contributed by atoms with Gasteiger partial charge < -0.3 is 15.1 Å². The van der Waals surface area contributed by atoms with Crippen LogP contribution >= 0.6 is 0 Å². The topological polar surface area (TPSA) is 61.4 Å². The zero-order valence-corrected chi connectivity index (χ0v) is 18.2. The normalized spacial score (nSPS) is 14.2. The van der Waals surface area contributed by atoms with E-state index in [0.717, 1.165) is 61.8 Å². The van der Waals surface area contributed by atoms with E-state index in [-0.39, 0.29) is 6.03 Å². The third-order valence-electron chi connectivity index (χ3n) is 5.49. The van der Waals surface area contributed by atoms with Crippen molar-refractivity contribution < 1.29 is 4.79 Å². The molecular formula is C23H33N5O. The van der Waals surface area contributed by atoms with Crippen LogP contribution in [0.25, 0.3) is 11.4 Å². The fourth-order valence-corrected chi connectivity index (χ4v) is 3.77. The van der Waals surface area contributed by atoms with E-state index >= 15 is 0 Å². The summed E-state index contributed by atoms with van der Waals surface area (Å²) < 4.78 is 0. The lowest BCUT2D eigenvalue weighted by atomic mass is 10.1. The fraction of sp³-hybridized carbons (Fsp3) is 0.522. The van der Waals surface area contributed by atoms with Gasteiger partial charge >= 0.3 is 6.03 Å². The van der Waals surface area contributed by atoms with Gasteiger partial charge in [0.25, 0.3) is 0 Å². The van der Waals surface area contributed by atoms with Gasteiger partial charge in [-0.2, -0.15) is 0 Å². The summed E-state index contributed by atoms with van der Waals surface area (Å²) in [5.74, 6) is 1.79. The highest BCUT2D eigenvalue weighted by atomic mass is 16.2. The predicted octanol–water partition coefficient (Wildman–Crippen LogP) is 3.95. The summed E-state index contributed by atoms with van der Waals surface area (Å²) in [5, 5.41) is 3.02. The number of carbonyl (C=O) groups is 1. The number of anilines is 1. The number of carbonyl (C=O) groups excluding carboxylic acids is 1. The molecule has 1 aromatic heterocycles. The van der Waals surface area contributed by atoms with Crippen LogP contribution in [0.15, 0.2) is 24.3 Å². The van der Waals surface area contributed by atoms with Crippen molar-refractivity contribution in [3.05, 3.63) is 41.1 Å². The van der Waals surface area contributed by atoms with Crippen LogP contribution in [-0.4, -0.2) is 53.6 Å². The summed E-state index contributed by atoms with van der Waals surface area (Å²) in [6.45, 7) is 12.2. The molecule has 156 valence electrons. The molecule has 1 aliphatic rings. The quantitative estimate of drug-likeness (QED) is 0.752. The van der Waals surface area contributed by atoms with Crippen LogP contribution in [-0.2, 0) is 6.42 Å². The molecule has 1 fully saturated rings. The molecule has 1 saturated heterocycles. The molecule has 3 rings (SSSR count). The van der Waals surface area contributed by atoms with Crippen molar-refractivity contribution >= 4 is 11.8 Å². The third-order valence-corrected chi connectivity index (χ3v) is 5.49. The van der Waals surface area contributed by atoms with E-state index in [4.69, 9.17) is 9.97 Å². The van der Waals surface area contributed by atoms with Crippen molar-refractivity contribution in [3.8, 4) is 11.4 Å². The van der Waals surface area contributed by atoms with E-state index in [1.807, 2.05) is 11.0 Å². The van der Waals surface area contributed by atoms with Crippen molar-refractivity contribution in [2.75, 3.05) is 37.6 Å². The van der Waals surface area contributed by atoms with Crippen molar-refractivity contribution in [2.45, 2.75) is 47.0 Å². The number of benzene rings is 1. The van der Waals surface area contributed by atoms with E-state index in [9.17, 15) is 4.79 Å². The van der Waals surface area contributed by atoms with Gasteiger partial charge in [-0.25, -0.2) is 14.8 Å². The summed E-state index contributed by atoms with van der Waals surface area (Å²) >= 11 is 0. The van der Waals surface area contributed by atoms with E-state index < -0.39 is 0 Å². The van der Waals surface area contributed by atoms with Crippen LogP contribution < -0.4 is 10.2 Å². The minimum atomic E-state index is 0.0492. The Bertz CT molecular complexity index is 843. The Labute approximate surface area is 174 Å². The number of aryl methyl sites for hydroxylation is 2. The van der Waals surface area contributed by atoms with Gasteiger partial charge in [0.2, 0.25) is 0 Å². The first kappa shape index (κ1) is 21.1. The maximum atomic E-state index is 12.3. The minimum absolute atomic E-state index is 0.0492. The van der Waals surface area contributed by atoms with Crippen LogP contribution in [0, 0.1) is 13.8 Å². The third kappa shape index (κ3) is 5.05. The van der Waals surface area contributed by atoms with Crippen LogP contribution in [0.3, 0.4) is 0 Å². The Balaban J connectivity index is 1.77. The van der Waals surface area contributed by atoms with Gasteiger partial charge in [0.05, 0.1) is 0 Å². The number of aromatic nitrogens is 2. The Morgan fingerprint density at radius 3 is 2.52 bits per heavy atom. The highest BCUT2D eigenvalue weighted by molar-refractivity contribution is 5.74. The van der Waals surface area contributed by atoms with E-state index in [2.05, 4.69) is 56.1 Å². The van der Waals surface area contributed by atoms with Crippen molar-refractivity contribution in [2.24, 2.45) is 0 Å². The molecule has 0 unspecified atom stereocenters. The maximum Gasteiger partial charge on any atom is 0.317 e. The van der Waals surface area contributed by atoms with Gasteiger partial charge in [0, 0.05) is 49.5 Å². The van der Waals surface area contributed by atoms with Gasteiger partial charge in [0.1, 0.15) is 5.82 Å². The van der Waals surface area contributed by atoms with Crippen molar-refractivity contribution in [3.63, 3.8) is 0 Å². The first-order valence-electron chi connectivity index (χ1n) is 10.8. The van der Waals surface area contributed by atoms with Crippen molar-refractivity contribution in [1.29, 1.82) is 0 Å². The number of hydrogen-bond acceptors (Lipinski definition) is 4. The SMILES string of the molecule is CCCCNC(=O)N1CCN(c2nc(-c3cccc(C)c3)nc(C)c2CC)CC1. The monoisotopic (exact) mass is 395 g/mol. The van der Waals surface area contributed by atoms with Gasteiger partial charge in [-0.15, -0.1) is 0 Å². The van der Waals surface area contributed by atoms with Gasteiger partial charge in [-0.1, -0.05) is 44.0 Å². The first-order valence-corrected chi connectivity index (χ1v) is 10.8. The molecule has 2 amide bonds. The molecule has 0 atom stereocenters. The Morgan fingerprint density at radius 1 is 1.10 bits per heavy atom. The average molecular weight is 396 g/mol. The maximum absolute atomic E-state index is 12.3. The van der Waals surface area contributed by atoms with E-state index in [1.165, 1.54) is 11.1 Å². The van der Waals surface area contributed by atoms with Gasteiger partial charge in [-0.3, -0.25) is 0 Å². The molecule has 0 aliphatic carbocycles. The molecule has 6 nitrogen and oxygen atoms in total. The van der Waals surface area contributed by atoms with E-state index in [1.54, 1.807) is 0 Å². The van der Waals surface area contributed by atoms with Crippen LogP contribution in [0.1, 0.15) is 43.5 Å². The van der Waals surface area contributed by atoms with E-state index in [0.29, 0.717) is 13.1 Å². The Morgan fingerprint density at radius 2 is 1.86 bits per heavy atom. The summed E-state index contributed by atoms with van der Waals surface area (Å²) in [7, 11) is 0. The molecule has 6 heteroatoms. The average Bonchev–Trinajstić information content (AvgIpc) is 2.73. The number of nitrogens with zero attached hydrogens (tertiary/aromatic N) is 4. The molecule has 0 spiro atoms. The minimum Gasteiger partial charge on any atom is -0.353 e. The predicted molar refractivity (Wildman–Crippen MR) is 118 cm³/mol. The van der Waals surface area contributed by atoms with Gasteiger partial charge in [-0.05, 0) is 32.8 Å². The number of hydrogen-bond donors (Lipinski definition) is 1. The molecular weight excluding hydrogens is 362 g/mol. The molecule has 29 heavy (non-hydrogen) atoms. The number of rotatable bonds is 6. The Hall–Kier alpha value is -2.63. The highest BCUT2D eigenvalue weighted by Crippen LogP contribution is 2.27. The van der Waals surface area contributed by atoms with Crippen LogP contribution in [0.5, 0.6) is 0 Å². The molecule has 0 radical (unpaired) electrons. The molecule has 0 saturated carbocycles. The lowest BCUT2D eigenvalue weighted by Crippen LogP contribution is -2.52. The summed E-state index contributed by atoms with van der Waals surface area (Å²) in [6.07, 6.45) is 3.00. The number of unbranched alkanes of at least 4 members (excludes halogenated alkanes) is 1. The second-order valence-electron chi connectivity index (χ2n) is 7.72. The zero-order chi connectivity index (χ0) is 20.8. The number of piperazine rings is 1. The highest BCUT2D eigenvalue weighted by Gasteiger charge is 2.24. The second-order valence-corrected chi connectivity index (χ2v) is 7.72. The fourth-order valence-electron chi connectivity index (χ4n) is 3.77. The molecule has 1 N–H and O–H groups in total. The zero-order valence-electron chi connectivity index (χ0n) is 18.2. The smallest absolute Gasteiger partial charge is 0.317 e. The largest absolute Gasteiger partial charge is 0.353 e. The number of amides is 2. The molecule has 2 aromatic rings. The van der Waals surface area contributed by atoms with Crippen molar-refractivity contribution in [1.82, 2.24) is 20.2 Å².